The molecule has 0 radical (unpaired) electrons. The molecule has 0 bridgehead atoms. The SMILES string of the molecule is COCc1ccc(NC(=O)c2cccc(S(=O)(=O)F)c2)cc1. The third-order valence-corrected chi connectivity index (χ3v) is 3.72. The summed E-state index contributed by atoms with van der Waals surface area (Å²) in [7, 11) is -3.25. The first kappa shape index (κ1) is 16.1. The first-order valence-electron chi connectivity index (χ1n) is 6.34. The Morgan fingerprint density at radius 2 is 1.86 bits per heavy atom. The maximum atomic E-state index is 12.9. The fourth-order valence-electron chi connectivity index (χ4n) is 1.84. The van der Waals surface area contributed by atoms with Gasteiger partial charge in [-0.05, 0) is 35.9 Å². The molecule has 7 heteroatoms. The van der Waals surface area contributed by atoms with Crippen LogP contribution >= 0.6 is 0 Å². The number of halogens is 1. The normalized spacial score (nSPS) is 11.2. The molecule has 2 rings (SSSR count). The molecular formula is C15H14FNO4S. The maximum absolute atomic E-state index is 12.9. The van der Waals surface area contributed by atoms with Gasteiger partial charge < -0.3 is 10.1 Å². The summed E-state index contributed by atoms with van der Waals surface area (Å²) in [6.45, 7) is 0.463. The zero-order chi connectivity index (χ0) is 16.2. The highest BCUT2D eigenvalue weighted by molar-refractivity contribution is 7.86. The molecule has 0 aliphatic heterocycles. The van der Waals surface area contributed by atoms with Crippen molar-refractivity contribution in [2.24, 2.45) is 0 Å². The average molecular weight is 323 g/mol. The van der Waals surface area contributed by atoms with Crippen LogP contribution in [0.15, 0.2) is 53.4 Å². The molecule has 5 nitrogen and oxygen atoms in total. The summed E-state index contributed by atoms with van der Waals surface area (Å²) < 4.78 is 39.6. The van der Waals surface area contributed by atoms with Crippen LogP contribution < -0.4 is 5.32 Å². The lowest BCUT2D eigenvalue weighted by Crippen LogP contribution is -2.12. The number of rotatable bonds is 5. The molecule has 0 atom stereocenters. The topological polar surface area (TPSA) is 72.5 Å². The Bertz CT molecular complexity index is 772. The lowest BCUT2D eigenvalue weighted by Gasteiger charge is -2.07. The van der Waals surface area contributed by atoms with Crippen molar-refractivity contribution in [2.45, 2.75) is 11.5 Å². The van der Waals surface area contributed by atoms with Crippen LogP contribution in [-0.2, 0) is 21.6 Å². The van der Waals surface area contributed by atoms with Crippen molar-refractivity contribution in [1.29, 1.82) is 0 Å². The Morgan fingerprint density at radius 3 is 2.45 bits per heavy atom. The van der Waals surface area contributed by atoms with E-state index in [-0.39, 0.29) is 5.56 Å². The van der Waals surface area contributed by atoms with Crippen LogP contribution in [0.2, 0.25) is 0 Å². The second-order valence-electron chi connectivity index (χ2n) is 4.55. The molecule has 2 aromatic carbocycles. The average Bonchev–Trinajstić information content (AvgIpc) is 2.49. The van der Waals surface area contributed by atoms with Gasteiger partial charge in [0.25, 0.3) is 5.91 Å². The zero-order valence-electron chi connectivity index (χ0n) is 11.7. The Balaban J connectivity index is 2.15. The highest BCUT2D eigenvalue weighted by Gasteiger charge is 2.14. The van der Waals surface area contributed by atoms with E-state index in [1.54, 1.807) is 31.4 Å². The summed E-state index contributed by atoms with van der Waals surface area (Å²) in [6, 6.07) is 11.8. The van der Waals surface area contributed by atoms with Gasteiger partial charge in [0.1, 0.15) is 0 Å². The number of hydrogen-bond acceptors (Lipinski definition) is 4. The third kappa shape index (κ3) is 4.12. The lowest BCUT2D eigenvalue weighted by molar-refractivity contribution is 0.102. The van der Waals surface area contributed by atoms with Gasteiger partial charge in [-0.1, -0.05) is 18.2 Å². The molecule has 0 aliphatic rings. The minimum absolute atomic E-state index is 0.0553. The van der Waals surface area contributed by atoms with Crippen molar-refractivity contribution in [1.82, 2.24) is 0 Å². The fraction of sp³-hybridized carbons (Fsp3) is 0.133. The van der Waals surface area contributed by atoms with Crippen LogP contribution in [0.1, 0.15) is 15.9 Å². The highest BCUT2D eigenvalue weighted by Crippen LogP contribution is 2.16. The van der Waals surface area contributed by atoms with E-state index in [1.165, 1.54) is 12.1 Å². The van der Waals surface area contributed by atoms with E-state index in [0.717, 1.165) is 17.7 Å². The minimum Gasteiger partial charge on any atom is -0.380 e. The van der Waals surface area contributed by atoms with Gasteiger partial charge >= 0.3 is 10.2 Å². The van der Waals surface area contributed by atoms with E-state index in [0.29, 0.717) is 12.3 Å². The number of methoxy groups -OCH3 is 1. The predicted molar refractivity (Wildman–Crippen MR) is 79.8 cm³/mol. The number of amides is 1. The largest absolute Gasteiger partial charge is 0.380 e. The van der Waals surface area contributed by atoms with Crippen molar-refractivity contribution in [2.75, 3.05) is 12.4 Å². The molecule has 22 heavy (non-hydrogen) atoms. The van der Waals surface area contributed by atoms with Gasteiger partial charge in [-0.2, -0.15) is 8.42 Å². The minimum atomic E-state index is -4.84. The Hall–Kier alpha value is -2.25. The first-order chi connectivity index (χ1) is 10.4. The molecule has 116 valence electrons. The quantitative estimate of drug-likeness (QED) is 0.859. The summed E-state index contributed by atoms with van der Waals surface area (Å²) in [4.78, 5) is 11.5. The van der Waals surface area contributed by atoms with E-state index < -0.39 is 21.0 Å². The van der Waals surface area contributed by atoms with Crippen LogP contribution in [0.4, 0.5) is 9.57 Å². The second kappa shape index (κ2) is 6.67. The second-order valence-corrected chi connectivity index (χ2v) is 5.90. The van der Waals surface area contributed by atoms with Gasteiger partial charge in [-0.25, -0.2) is 0 Å². The van der Waals surface area contributed by atoms with Crippen molar-refractivity contribution in [3.63, 3.8) is 0 Å². The van der Waals surface area contributed by atoms with Crippen molar-refractivity contribution >= 4 is 21.8 Å². The Morgan fingerprint density at radius 1 is 1.18 bits per heavy atom. The molecule has 0 unspecified atom stereocenters. The van der Waals surface area contributed by atoms with Gasteiger partial charge in [0.2, 0.25) is 0 Å². The maximum Gasteiger partial charge on any atom is 0.332 e. The van der Waals surface area contributed by atoms with Crippen LogP contribution in [0.5, 0.6) is 0 Å². The summed E-state index contributed by atoms with van der Waals surface area (Å²) >= 11 is 0. The van der Waals surface area contributed by atoms with Crippen LogP contribution in [0.25, 0.3) is 0 Å². The Labute approximate surface area is 127 Å². The first-order valence-corrected chi connectivity index (χ1v) is 7.72. The fourth-order valence-corrected chi connectivity index (χ4v) is 2.35. The van der Waals surface area contributed by atoms with Gasteiger partial charge in [0.15, 0.2) is 0 Å². The number of benzene rings is 2. The standard InChI is InChI=1S/C15H14FNO4S/c1-21-10-11-5-7-13(8-6-11)17-15(18)12-3-2-4-14(9-12)22(16,19)20/h2-9H,10H2,1H3,(H,17,18). The summed E-state index contributed by atoms with van der Waals surface area (Å²) in [5.74, 6) is -0.523. The summed E-state index contributed by atoms with van der Waals surface area (Å²) in [5.41, 5.74) is 1.55. The smallest absolute Gasteiger partial charge is 0.332 e. The van der Waals surface area contributed by atoms with Gasteiger partial charge in [-0.3, -0.25) is 4.79 Å². The molecule has 0 spiro atoms. The molecule has 0 aliphatic carbocycles. The van der Waals surface area contributed by atoms with Crippen molar-refractivity contribution in [3.8, 4) is 0 Å². The highest BCUT2D eigenvalue weighted by atomic mass is 32.3. The molecule has 0 saturated heterocycles. The van der Waals surface area contributed by atoms with Crippen LogP contribution in [0, 0.1) is 0 Å². The predicted octanol–water partition coefficient (Wildman–Crippen LogP) is 2.74. The van der Waals surface area contributed by atoms with Gasteiger partial charge in [-0.15, -0.1) is 3.89 Å². The van der Waals surface area contributed by atoms with E-state index in [2.05, 4.69) is 5.32 Å². The molecule has 0 aromatic heterocycles. The lowest BCUT2D eigenvalue weighted by atomic mass is 10.2. The molecule has 1 amide bonds. The van der Waals surface area contributed by atoms with E-state index >= 15 is 0 Å². The number of carbonyl (C=O) groups is 1. The van der Waals surface area contributed by atoms with E-state index in [9.17, 15) is 17.1 Å². The van der Waals surface area contributed by atoms with Crippen LogP contribution in [0.3, 0.4) is 0 Å². The van der Waals surface area contributed by atoms with Crippen molar-refractivity contribution < 1.29 is 21.8 Å². The number of ether oxygens (including phenoxy) is 1. The number of anilines is 1. The summed E-state index contributed by atoms with van der Waals surface area (Å²) in [5, 5.41) is 2.61. The third-order valence-electron chi connectivity index (χ3n) is 2.90. The monoisotopic (exact) mass is 323 g/mol. The van der Waals surface area contributed by atoms with Gasteiger partial charge in [0.05, 0.1) is 11.5 Å². The number of carbonyl (C=O) groups excluding carboxylic acids is 1. The number of nitrogens with one attached hydrogen (secondary N) is 1. The molecular weight excluding hydrogens is 309 g/mol. The zero-order valence-corrected chi connectivity index (χ0v) is 12.6. The molecule has 0 saturated carbocycles. The van der Waals surface area contributed by atoms with Crippen molar-refractivity contribution in [3.05, 3.63) is 59.7 Å². The van der Waals surface area contributed by atoms with Gasteiger partial charge in [0, 0.05) is 18.4 Å². The molecule has 0 heterocycles. The molecule has 2 aromatic rings. The summed E-state index contributed by atoms with van der Waals surface area (Å²) in [6.07, 6.45) is 0. The number of hydrogen-bond donors (Lipinski definition) is 1. The molecule has 0 fully saturated rings. The van der Waals surface area contributed by atoms with Crippen LogP contribution in [-0.4, -0.2) is 21.4 Å². The Kier molecular flexibility index (Phi) is 4.89. The molecule has 1 N–H and O–H groups in total. The van der Waals surface area contributed by atoms with E-state index in [1.807, 2.05) is 0 Å². The van der Waals surface area contributed by atoms with E-state index in [4.69, 9.17) is 4.74 Å².